The summed E-state index contributed by atoms with van der Waals surface area (Å²) in [6.45, 7) is 9.75. The summed E-state index contributed by atoms with van der Waals surface area (Å²) in [5, 5.41) is 0. The molecule has 122 valence electrons. The van der Waals surface area contributed by atoms with E-state index in [-0.39, 0.29) is 17.4 Å². The molecule has 2 rings (SSSR count). The van der Waals surface area contributed by atoms with Gasteiger partial charge in [-0.25, -0.2) is 0 Å². The van der Waals surface area contributed by atoms with Gasteiger partial charge in [-0.15, -0.1) is 0 Å². The maximum atomic E-state index is 12.1. The lowest BCUT2D eigenvalue weighted by Gasteiger charge is -2.30. The molecule has 0 saturated heterocycles. The average molecular weight is 303 g/mol. The fourth-order valence-corrected chi connectivity index (χ4v) is 3.21. The maximum absolute atomic E-state index is 12.1. The molecule has 1 aromatic carbocycles. The summed E-state index contributed by atoms with van der Waals surface area (Å²) < 4.78 is 5.40. The number of para-hydroxylation sites is 1. The van der Waals surface area contributed by atoms with Crippen molar-refractivity contribution in [3.8, 4) is 0 Å². The third-order valence-electron chi connectivity index (χ3n) is 4.98. The van der Waals surface area contributed by atoms with Crippen molar-refractivity contribution in [1.29, 1.82) is 0 Å². The lowest BCUT2D eigenvalue weighted by molar-refractivity contribution is -0.142. The van der Waals surface area contributed by atoms with Crippen LogP contribution in [0.5, 0.6) is 0 Å². The minimum atomic E-state index is -0.115. The molecule has 0 bridgehead atoms. The van der Waals surface area contributed by atoms with Gasteiger partial charge in [0.05, 0.1) is 6.61 Å². The number of carbonyl (C=O) groups excluding carboxylic acids is 1. The topological polar surface area (TPSA) is 29.5 Å². The molecule has 3 nitrogen and oxygen atoms in total. The van der Waals surface area contributed by atoms with Crippen LogP contribution in [0.25, 0.3) is 0 Å². The van der Waals surface area contributed by atoms with Gasteiger partial charge >= 0.3 is 5.97 Å². The Morgan fingerprint density at radius 2 is 1.95 bits per heavy atom. The highest BCUT2D eigenvalue weighted by Gasteiger charge is 2.42. The zero-order valence-corrected chi connectivity index (χ0v) is 14.4. The van der Waals surface area contributed by atoms with Crippen molar-refractivity contribution in [1.82, 2.24) is 0 Å². The number of carbonyl (C=O) groups is 1. The molecule has 1 aliphatic heterocycles. The number of benzene rings is 1. The summed E-state index contributed by atoms with van der Waals surface area (Å²) in [5.74, 6) is -0.115. The highest BCUT2D eigenvalue weighted by molar-refractivity contribution is 5.78. The molecule has 3 heteroatoms. The van der Waals surface area contributed by atoms with Gasteiger partial charge in [0, 0.05) is 17.1 Å². The number of rotatable bonds is 7. The molecule has 1 aromatic rings. The summed E-state index contributed by atoms with van der Waals surface area (Å²) in [4.78, 5) is 14.3. The van der Waals surface area contributed by atoms with Crippen LogP contribution in [0, 0.1) is 0 Å². The van der Waals surface area contributed by atoms with Crippen LogP contribution in [0.4, 0.5) is 5.69 Å². The van der Waals surface area contributed by atoms with Crippen LogP contribution in [0.1, 0.15) is 58.9 Å². The molecule has 1 unspecified atom stereocenters. The van der Waals surface area contributed by atoms with Crippen LogP contribution in [0.3, 0.4) is 0 Å². The number of esters is 1. The van der Waals surface area contributed by atoms with Gasteiger partial charge in [0.15, 0.2) is 0 Å². The standard InChI is InChI=1S/C19H29NO2/c1-5-6-7-10-13-22-18(21)14-20-15(2)19(3,4)16-11-8-9-12-17(16)20/h8-9,11-12,15H,5-7,10,13-14H2,1-4H3. The molecule has 1 aliphatic rings. The predicted octanol–water partition coefficient (Wildman–Crippen LogP) is 4.30. The Morgan fingerprint density at radius 1 is 1.23 bits per heavy atom. The monoisotopic (exact) mass is 303 g/mol. The second-order valence-electron chi connectivity index (χ2n) is 6.82. The van der Waals surface area contributed by atoms with E-state index in [1.54, 1.807) is 0 Å². The third kappa shape index (κ3) is 3.45. The van der Waals surface area contributed by atoms with E-state index in [1.807, 2.05) is 6.07 Å². The molecule has 0 amide bonds. The van der Waals surface area contributed by atoms with Crippen molar-refractivity contribution in [3.05, 3.63) is 29.8 Å². The smallest absolute Gasteiger partial charge is 0.325 e. The molecule has 0 N–H and O–H groups in total. The van der Waals surface area contributed by atoms with Gasteiger partial charge < -0.3 is 9.64 Å². The maximum Gasteiger partial charge on any atom is 0.325 e. The fourth-order valence-electron chi connectivity index (χ4n) is 3.21. The normalized spacial score (nSPS) is 19.1. The Balaban J connectivity index is 1.94. The van der Waals surface area contributed by atoms with E-state index in [0.29, 0.717) is 13.2 Å². The first-order valence-corrected chi connectivity index (χ1v) is 8.50. The Hall–Kier alpha value is -1.51. The van der Waals surface area contributed by atoms with Crippen LogP contribution >= 0.6 is 0 Å². The van der Waals surface area contributed by atoms with E-state index in [9.17, 15) is 4.79 Å². The van der Waals surface area contributed by atoms with E-state index in [0.717, 1.165) is 12.8 Å². The molecule has 0 aliphatic carbocycles. The number of hydrogen-bond donors (Lipinski definition) is 0. The Bertz CT molecular complexity index is 510. The Morgan fingerprint density at radius 3 is 2.68 bits per heavy atom. The second-order valence-corrected chi connectivity index (χ2v) is 6.82. The summed E-state index contributed by atoms with van der Waals surface area (Å²) in [7, 11) is 0. The zero-order chi connectivity index (χ0) is 16.2. The molecular formula is C19H29NO2. The first kappa shape index (κ1) is 16.9. The van der Waals surface area contributed by atoms with Gasteiger partial charge in [-0.3, -0.25) is 4.79 Å². The fraction of sp³-hybridized carbons (Fsp3) is 0.632. The van der Waals surface area contributed by atoms with Gasteiger partial charge in [0.1, 0.15) is 6.54 Å². The van der Waals surface area contributed by atoms with Crippen molar-refractivity contribution >= 4 is 11.7 Å². The number of fused-ring (bicyclic) bond motifs is 1. The highest BCUT2D eigenvalue weighted by atomic mass is 16.5. The van der Waals surface area contributed by atoms with Crippen molar-refractivity contribution < 1.29 is 9.53 Å². The number of anilines is 1. The van der Waals surface area contributed by atoms with Gasteiger partial charge in [-0.2, -0.15) is 0 Å². The van der Waals surface area contributed by atoms with Crippen molar-refractivity contribution in [2.24, 2.45) is 0 Å². The Kier molecular flexibility index (Phi) is 5.49. The van der Waals surface area contributed by atoms with Gasteiger partial charge in [0.2, 0.25) is 0 Å². The number of ether oxygens (including phenoxy) is 1. The second kappa shape index (κ2) is 7.17. The highest BCUT2D eigenvalue weighted by Crippen LogP contribution is 2.44. The van der Waals surface area contributed by atoms with Crippen molar-refractivity contribution in [3.63, 3.8) is 0 Å². The van der Waals surface area contributed by atoms with E-state index < -0.39 is 0 Å². The van der Waals surface area contributed by atoms with E-state index >= 15 is 0 Å². The number of nitrogens with zero attached hydrogens (tertiary/aromatic N) is 1. The minimum absolute atomic E-state index is 0.0536. The van der Waals surface area contributed by atoms with E-state index in [4.69, 9.17) is 4.74 Å². The van der Waals surface area contributed by atoms with Crippen LogP contribution in [-0.2, 0) is 14.9 Å². The summed E-state index contributed by atoms with van der Waals surface area (Å²) in [5.41, 5.74) is 2.54. The molecule has 0 radical (unpaired) electrons. The summed E-state index contributed by atoms with van der Waals surface area (Å²) >= 11 is 0. The molecular weight excluding hydrogens is 274 g/mol. The van der Waals surface area contributed by atoms with Crippen LogP contribution in [0.15, 0.2) is 24.3 Å². The van der Waals surface area contributed by atoms with Crippen molar-refractivity contribution in [2.45, 2.75) is 64.8 Å². The minimum Gasteiger partial charge on any atom is -0.464 e. The van der Waals surface area contributed by atoms with E-state index in [2.05, 4.69) is 50.8 Å². The van der Waals surface area contributed by atoms with Gasteiger partial charge in [-0.1, -0.05) is 58.2 Å². The quantitative estimate of drug-likeness (QED) is 0.556. The number of hydrogen-bond acceptors (Lipinski definition) is 3. The van der Waals surface area contributed by atoms with Gasteiger partial charge in [0.25, 0.3) is 0 Å². The molecule has 1 atom stereocenters. The lowest BCUT2D eigenvalue weighted by atomic mass is 9.81. The van der Waals surface area contributed by atoms with Crippen molar-refractivity contribution in [2.75, 3.05) is 18.1 Å². The SMILES string of the molecule is CCCCCCOC(=O)CN1c2ccccc2C(C)(C)C1C. The molecule has 22 heavy (non-hydrogen) atoms. The van der Waals surface area contributed by atoms with Crippen LogP contribution in [0.2, 0.25) is 0 Å². The summed E-state index contributed by atoms with van der Waals surface area (Å²) in [6.07, 6.45) is 4.52. The molecule has 0 spiro atoms. The average Bonchev–Trinajstić information content (AvgIpc) is 2.69. The number of unbranched alkanes of at least 4 members (excludes halogenated alkanes) is 3. The Labute approximate surface area is 134 Å². The molecule has 0 aromatic heterocycles. The first-order valence-electron chi connectivity index (χ1n) is 8.50. The van der Waals surface area contributed by atoms with E-state index in [1.165, 1.54) is 24.1 Å². The van der Waals surface area contributed by atoms with Crippen LogP contribution in [-0.4, -0.2) is 25.2 Å². The van der Waals surface area contributed by atoms with Gasteiger partial charge in [-0.05, 0) is 25.0 Å². The zero-order valence-electron chi connectivity index (χ0n) is 14.4. The molecule has 1 heterocycles. The van der Waals surface area contributed by atoms with Crippen LogP contribution < -0.4 is 4.90 Å². The predicted molar refractivity (Wildman–Crippen MR) is 91.4 cm³/mol. The molecule has 0 fully saturated rings. The lowest BCUT2D eigenvalue weighted by Crippen LogP contribution is -2.42. The summed E-state index contributed by atoms with van der Waals surface area (Å²) in [6, 6.07) is 8.67. The third-order valence-corrected chi connectivity index (χ3v) is 4.98. The molecule has 0 saturated carbocycles. The largest absolute Gasteiger partial charge is 0.464 e. The first-order chi connectivity index (χ1) is 10.5.